The van der Waals surface area contributed by atoms with E-state index in [1.807, 2.05) is 18.2 Å². The van der Waals surface area contributed by atoms with Gasteiger partial charge in [-0.3, -0.25) is 4.98 Å². The van der Waals surface area contributed by atoms with Crippen LogP contribution in [0.3, 0.4) is 0 Å². The van der Waals surface area contributed by atoms with Gasteiger partial charge in [-0.2, -0.15) is 0 Å². The number of benzene rings is 1. The molecule has 0 aliphatic heterocycles. The van der Waals surface area contributed by atoms with Crippen molar-refractivity contribution in [3.05, 3.63) is 48.2 Å². The van der Waals surface area contributed by atoms with Gasteiger partial charge in [0.15, 0.2) is 9.84 Å². The Balaban J connectivity index is 2.63. The van der Waals surface area contributed by atoms with Crippen LogP contribution in [0.2, 0.25) is 0 Å². The van der Waals surface area contributed by atoms with Gasteiger partial charge < -0.3 is 0 Å². The second kappa shape index (κ2) is 5.13. The fourth-order valence-electron chi connectivity index (χ4n) is 1.95. The third kappa shape index (κ3) is 3.01. The van der Waals surface area contributed by atoms with Gasteiger partial charge in [0, 0.05) is 18.0 Å². The highest BCUT2D eigenvalue weighted by Gasteiger charge is 2.15. The number of pyridine rings is 1. The fourth-order valence-corrected chi connectivity index (χ4v) is 2.85. The largest absolute Gasteiger partial charge is 0.256 e. The average Bonchev–Trinajstić information content (AvgIpc) is 2.38. The maximum absolute atomic E-state index is 11.8. The molecule has 0 saturated heterocycles. The van der Waals surface area contributed by atoms with Crippen molar-refractivity contribution in [2.75, 3.05) is 6.26 Å². The Kier molecular flexibility index (Phi) is 3.71. The lowest BCUT2D eigenvalue weighted by Gasteiger charge is -2.10. The zero-order valence-corrected chi connectivity index (χ0v) is 12.1. The molecule has 0 spiro atoms. The summed E-state index contributed by atoms with van der Waals surface area (Å²) in [6.45, 7) is 4.20. The highest BCUT2D eigenvalue weighted by atomic mass is 32.2. The molecule has 0 unspecified atom stereocenters. The zero-order valence-electron chi connectivity index (χ0n) is 11.3. The van der Waals surface area contributed by atoms with Gasteiger partial charge in [-0.05, 0) is 29.7 Å². The van der Waals surface area contributed by atoms with Crippen LogP contribution in [0.5, 0.6) is 0 Å². The van der Waals surface area contributed by atoms with Crippen LogP contribution >= 0.6 is 0 Å². The molecule has 0 aliphatic rings. The summed E-state index contributed by atoms with van der Waals surface area (Å²) in [5.74, 6) is 0.382. The Morgan fingerprint density at radius 1 is 1.11 bits per heavy atom. The summed E-state index contributed by atoms with van der Waals surface area (Å²) in [6, 6.07) is 10.9. The quantitative estimate of drug-likeness (QED) is 0.863. The van der Waals surface area contributed by atoms with Gasteiger partial charge >= 0.3 is 0 Å². The molecule has 0 atom stereocenters. The number of sulfone groups is 1. The van der Waals surface area contributed by atoms with Crippen molar-refractivity contribution in [2.45, 2.75) is 24.7 Å². The molecule has 3 nitrogen and oxygen atoms in total. The molecule has 1 heterocycles. The topological polar surface area (TPSA) is 47.0 Å². The second-order valence-corrected chi connectivity index (χ2v) is 6.88. The van der Waals surface area contributed by atoms with Crippen molar-refractivity contribution in [3.63, 3.8) is 0 Å². The molecule has 2 rings (SSSR count). The van der Waals surface area contributed by atoms with Crippen molar-refractivity contribution in [1.82, 2.24) is 4.98 Å². The molecule has 0 bridgehead atoms. The molecule has 19 heavy (non-hydrogen) atoms. The summed E-state index contributed by atoms with van der Waals surface area (Å²) in [5.41, 5.74) is 2.51. The van der Waals surface area contributed by atoms with Crippen LogP contribution in [0.4, 0.5) is 0 Å². The van der Waals surface area contributed by atoms with Crippen molar-refractivity contribution in [3.8, 4) is 11.3 Å². The number of nitrogens with zero attached hydrogens (tertiary/aromatic N) is 1. The van der Waals surface area contributed by atoms with Gasteiger partial charge in [0.2, 0.25) is 0 Å². The SMILES string of the molecule is CC(C)c1ccnc(-c2ccccc2S(C)(=O)=O)c1. The Hall–Kier alpha value is -1.68. The van der Waals surface area contributed by atoms with Gasteiger partial charge in [-0.25, -0.2) is 8.42 Å². The standard InChI is InChI=1S/C15H17NO2S/c1-11(2)12-8-9-16-14(10-12)13-6-4-5-7-15(13)19(3,17)18/h4-11H,1-3H3. The first kappa shape index (κ1) is 13.7. The summed E-state index contributed by atoms with van der Waals surface area (Å²) in [6.07, 6.45) is 2.95. The second-order valence-electron chi connectivity index (χ2n) is 4.90. The molecule has 0 aliphatic carbocycles. The molecule has 4 heteroatoms. The molecular weight excluding hydrogens is 258 g/mol. The Bertz CT molecular complexity index is 691. The van der Waals surface area contributed by atoms with E-state index >= 15 is 0 Å². The summed E-state index contributed by atoms with van der Waals surface area (Å²) in [5, 5.41) is 0. The number of hydrogen-bond donors (Lipinski definition) is 0. The number of aromatic nitrogens is 1. The van der Waals surface area contributed by atoms with Crippen LogP contribution in [-0.4, -0.2) is 19.7 Å². The predicted molar refractivity (Wildman–Crippen MR) is 76.9 cm³/mol. The molecular formula is C15H17NO2S. The van der Waals surface area contributed by atoms with E-state index in [0.717, 1.165) is 5.56 Å². The lowest BCUT2D eigenvalue weighted by molar-refractivity contribution is 0.602. The summed E-state index contributed by atoms with van der Waals surface area (Å²) < 4.78 is 23.6. The molecule has 0 amide bonds. The zero-order chi connectivity index (χ0) is 14.0. The van der Waals surface area contributed by atoms with Gasteiger partial charge in [0.25, 0.3) is 0 Å². The first-order chi connectivity index (χ1) is 8.89. The average molecular weight is 275 g/mol. The Labute approximate surface area is 114 Å². The molecule has 0 saturated carbocycles. The smallest absolute Gasteiger partial charge is 0.176 e. The molecule has 0 fully saturated rings. The van der Waals surface area contributed by atoms with Crippen LogP contribution in [0.1, 0.15) is 25.3 Å². The molecule has 0 N–H and O–H groups in total. The van der Waals surface area contributed by atoms with Crippen LogP contribution in [-0.2, 0) is 9.84 Å². The first-order valence-electron chi connectivity index (χ1n) is 6.15. The maximum atomic E-state index is 11.8. The number of hydrogen-bond acceptors (Lipinski definition) is 3. The third-order valence-corrected chi connectivity index (χ3v) is 4.17. The van der Waals surface area contributed by atoms with Crippen LogP contribution in [0.15, 0.2) is 47.5 Å². The van der Waals surface area contributed by atoms with Gasteiger partial charge in [-0.1, -0.05) is 32.0 Å². The molecule has 0 radical (unpaired) electrons. The molecule has 2 aromatic rings. The molecule has 1 aromatic heterocycles. The van der Waals surface area contributed by atoms with E-state index in [9.17, 15) is 8.42 Å². The Morgan fingerprint density at radius 2 is 1.79 bits per heavy atom. The van der Waals surface area contributed by atoms with Crippen LogP contribution < -0.4 is 0 Å². The highest BCUT2D eigenvalue weighted by molar-refractivity contribution is 7.90. The van der Waals surface area contributed by atoms with E-state index in [1.165, 1.54) is 6.26 Å². The van der Waals surface area contributed by atoms with Crippen molar-refractivity contribution >= 4 is 9.84 Å². The normalized spacial score (nSPS) is 11.8. The van der Waals surface area contributed by atoms with E-state index in [0.29, 0.717) is 22.1 Å². The monoisotopic (exact) mass is 275 g/mol. The first-order valence-corrected chi connectivity index (χ1v) is 8.04. The van der Waals surface area contributed by atoms with E-state index in [-0.39, 0.29) is 0 Å². The maximum Gasteiger partial charge on any atom is 0.176 e. The van der Waals surface area contributed by atoms with E-state index in [1.54, 1.807) is 24.4 Å². The van der Waals surface area contributed by atoms with Gasteiger partial charge in [0.1, 0.15) is 0 Å². The van der Waals surface area contributed by atoms with Crippen LogP contribution in [0, 0.1) is 0 Å². The lowest BCUT2D eigenvalue weighted by Crippen LogP contribution is -2.01. The minimum atomic E-state index is -3.25. The minimum Gasteiger partial charge on any atom is -0.256 e. The molecule has 1 aromatic carbocycles. The Morgan fingerprint density at radius 3 is 2.42 bits per heavy atom. The summed E-state index contributed by atoms with van der Waals surface area (Å²) >= 11 is 0. The number of rotatable bonds is 3. The molecule has 100 valence electrons. The predicted octanol–water partition coefficient (Wildman–Crippen LogP) is 3.28. The van der Waals surface area contributed by atoms with E-state index in [4.69, 9.17) is 0 Å². The van der Waals surface area contributed by atoms with Crippen molar-refractivity contribution in [1.29, 1.82) is 0 Å². The minimum absolute atomic E-state index is 0.323. The van der Waals surface area contributed by atoms with Crippen LogP contribution in [0.25, 0.3) is 11.3 Å². The fraction of sp³-hybridized carbons (Fsp3) is 0.267. The van der Waals surface area contributed by atoms with Crippen molar-refractivity contribution < 1.29 is 8.42 Å². The van der Waals surface area contributed by atoms with Crippen molar-refractivity contribution in [2.24, 2.45) is 0 Å². The summed E-state index contributed by atoms with van der Waals surface area (Å²) in [4.78, 5) is 4.62. The van der Waals surface area contributed by atoms with Gasteiger partial charge in [0.05, 0.1) is 10.6 Å². The highest BCUT2D eigenvalue weighted by Crippen LogP contribution is 2.27. The van der Waals surface area contributed by atoms with E-state index < -0.39 is 9.84 Å². The summed E-state index contributed by atoms with van der Waals surface area (Å²) in [7, 11) is -3.25. The van der Waals surface area contributed by atoms with E-state index in [2.05, 4.69) is 18.8 Å². The third-order valence-electron chi connectivity index (χ3n) is 3.01. The lowest BCUT2D eigenvalue weighted by atomic mass is 10.0. The van der Waals surface area contributed by atoms with Gasteiger partial charge in [-0.15, -0.1) is 0 Å².